The van der Waals surface area contributed by atoms with Crippen molar-refractivity contribution in [3.05, 3.63) is 47.5 Å². The number of benzene rings is 1. The summed E-state index contributed by atoms with van der Waals surface area (Å²) in [7, 11) is 2.73. The number of ketones is 1. The van der Waals surface area contributed by atoms with Gasteiger partial charge in [-0.3, -0.25) is 9.63 Å². The van der Waals surface area contributed by atoms with Gasteiger partial charge in [-0.25, -0.2) is 4.79 Å². The molecule has 0 unspecified atom stereocenters. The molecule has 1 fully saturated rings. The van der Waals surface area contributed by atoms with Crippen LogP contribution >= 0.6 is 0 Å². The number of hydrogen-bond donors (Lipinski definition) is 0. The number of ether oxygens (including phenoxy) is 3. The maximum atomic E-state index is 12.5. The second-order valence-corrected chi connectivity index (χ2v) is 5.65. The molecule has 0 radical (unpaired) electrons. The lowest BCUT2D eigenvalue weighted by Gasteiger charge is -2.50. The first kappa shape index (κ1) is 16.6. The average Bonchev–Trinajstić information content (AvgIpc) is 2.62. The minimum absolute atomic E-state index is 0.0978. The van der Waals surface area contributed by atoms with Gasteiger partial charge >= 0.3 is 6.09 Å². The topological polar surface area (TPSA) is 74.3 Å². The van der Waals surface area contributed by atoms with E-state index in [1.54, 1.807) is 13.0 Å². The van der Waals surface area contributed by atoms with Crippen molar-refractivity contribution in [1.29, 1.82) is 0 Å². The lowest BCUT2D eigenvalue weighted by molar-refractivity contribution is -0.309. The number of carbonyl (C=O) groups is 2. The van der Waals surface area contributed by atoms with Gasteiger partial charge < -0.3 is 14.2 Å². The second-order valence-electron chi connectivity index (χ2n) is 5.65. The highest BCUT2D eigenvalue weighted by molar-refractivity contribution is 5.96. The molecule has 1 saturated heterocycles. The number of hydroxylamine groups is 2. The van der Waals surface area contributed by atoms with Crippen LogP contribution in [0.3, 0.4) is 0 Å². The van der Waals surface area contributed by atoms with Crippen molar-refractivity contribution < 1.29 is 28.6 Å². The first-order valence-corrected chi connectivity index (χ1v) is 7.53. The van der Waals surface area contributed by atoms with Gasteiger partial charge in [0.2, 0.25) is 5.78 Å². The average molecular weight is 333 g/mol. The number of hydrogen-bond acceptors (Lipinski definition) is 6. The molecular formula is C17H19NO6. The molecule has 2 heterocycles. The van der Waals surface area contributed by atoms with Crippen molar-refractivity contribution in [1.82, 2.24) is 5.06 Å². The maximum absolute atomic E-state index is 12.5. The van der Waals surface area contributed by atoms with E-state index in [0.29, 0.717) is 0 Å². The summed E-state index contributed by atoms with van der Waals surface area (Å²) in [5.74, 6) is -1.97. The summed E-state index contributed by atoms with van der Waals surface area (Å²) in [6, 6.07) is 8.44. The molecular weight excluding hydrogens is 314 g/mol. The van der Waals surface area contributed by atoms with Gasteiger partial charge in [-0.15, -0.1) is 0 Å². The second kappa shape index (κ2) is 6.35. The zero-order valence-electron chi connectivity index (χ0n) is 13.7. The molecule has 2 aliphatic heterocycles. The van der Waals surface area contributed by atoms with E-state index < -0.39 is 24.0 Å². The maximum Gasteiger partial charge on any atom is 0.435 e. The molecule has 0 saturated carbocycles. The van der Waals surface area contributed by atoms with Crippen LogP contribution in [0, 0.1) is 0 Å². The quantitative estimate of drug-likeness (QED) is 0.618. The van der Waals surface area contributed by atoms with Crippen molar-refractivity contribution in [3.63, 3.8) is 0 Å². The van der Waals surface area contributed by atoms with E-state index in [-0.39, 0.29) is 12.4 Å². The van der Waals surface area contributed by atoms with Crippen LogP contribution in [0.1, 0.15) is 12.5 Å². The van der Waals surface area contributed by atoms with E-state index in [1.807, 2.05) is 30.3 Å². The van der Waals surface area contributed by atoms with Crippen molar-refractivity contribution in [2.45, 2.75) is 31.5 Å². The van der Waals surface area contributed by atoms with Crippen LogP contribution in [-0.2, 0) is 30.4 Å². The molecule has 0 spiro atoms. The molecule has 4 rings (SSSR count). The van der Waals surface area contributed by atoms with Crippen LogP contribution in [-0.4, -0.2) is 49.1 Å². The third-order valence-electron chi connectivity index (χ3n) is 4.26. The highest BCUT2D eigenvalue weighted by Gasteiger charge is 2.62. The molecule has 0 N–H and O–H groups in total. The van der Waals surface area contributed by atoms with Crippen LogP contribution in [0.5, 0.6) is 0 Å². The van der Waals surface area contributed by atoms with Gasteiger partial charge in [-0.05, 0) is 24.1 Å². The summed E-state index contributed by atoms with van der Waals surface area (Å²) < 4.78 is 16.0. The Morgan fingerprint density at radius 2 is 1.92 bits per heavy atom. The van der Waals surface area contributed by atoms with Gasteiger partial charge in [-0.2, -0.15) is 5.06 Å². The zero-order chi connectivity index (χ0) is 17.3. The summed E-state index contributed by atoms with van der Waals surface area (Å²) in [6.07, 6.45) is 0.0102. The fraction of sp³-hybridized carbons (Fsp3) is 0.412. The molecule has 128 valence electrons. The molecule has 1 aromatic rings. The van der Waals surface area contributed by atoms with Gasteiger partial charge in [-0.1, -0.05) is 30.3 Å². The van der Waals surface area contributed by atoms with E-state index in [4.69, 9.17) is 19.0 Å². The first-order chi connectivity index (χ1) is 11.5. The first-order valence-electron chi connectivity index (χ1n) is 7.53. The number of methoxy groups -OCH3 is 2. The van der Waals surface area contributed by atoms with Crippen molar-refractivity contribution in [2.75, 3.05) is 14.2 Å². The monoisotopic (exact) mass is 333 g/mol. The van der Waals surface area contributed by atoms with Crippen LogP contribution in [0.2, 0.25) is 0 Å². The third-order valence-corrected chi connectivity index (χ3v) is 4.26. The number of Topliss-reactive ketones (excluding diaryl/α,β-unsaturated/α-hetero) is 1. The van der Waals surface area contributed by atoms with Gasteiger partial charge in [0.1, 0.15) is 12.6 Å². The minimum atomic E-state index is -1.59. The molecule has 1 aliphatic carbocycles. The molecule has 1 amide bonds. The third kappa shape index (κ3) is 2.50. The number of rotatable bonds is 4. The molecule has 7 heteroatoms. The number of fused-ring (bicyclic) bond motifs is 2. The molecule has 7 nitrogen and oxygen atoms in total. The Labute approximate surface area is 139 Å². The fourth-order valence-corrected chi connectivity index (χ4v) is 3.08. The van der Waals surface area contributed by atoms with Crippen molar-refractivity contribution >= 4 is 11.9 Å². The summed E-state index contributed by atoms with van der Waals surface area (Å²) in [5, 5.41) is 1.03. The Morgan fingerprint density at radius 3 is 2.54 bits per heavy atom. The standard InChI is InChI=1S/C17H19NO6/c1-11-9-13-15(19)17(21-2,22-3)14(11)18(24-13)16(20)23-10-12-7-5-4-6-8-12/h4-9,13-14H,10H2,1-3H3/t13-,14+/m0/s1. The summed E-state index contributed by atoms with van der Waals surface area (Å²) in [4.78, 5) is 30.4. The normalized spacial score (nSPS) is 24.7. The molecule has 2 bridgehead atoms. The zero-order valence-corrected chi connectivity index (χ0v) is 13.7. The smallest absolute Gasteiger partial charge is 0.435 e. The Balaban J connectivity index is 1.80. The van der Waals surface area contributed by atoms with E-state index in [0.717, 1.165) is 16.2 Å². The highest BCUT2D eigenvalue weighted by atomic mass is 16.8. The predicted octanol–water partition coefficient (Wildman–Crippen LogP) is 1.83. The van der Waals surface area contributed by atoms with Gasteiger partial charge in [0.15, 0.2) is 6.10 Å². The van der Waals surface area contributed by atoms with E-state index in [1.165, 1.54) is 14.2 Å². The number of nitrogens with zero attached hydrogens (tertiary/aromatic N) is 1. The molecule has 1 aromatic carbocycles. The van der Waals surface area contributed by atoms with E-state index in [2.05, 4.69) is 0 Å². The minimum Gasteiger partial charge on any atom is -0.443 e. The number of amides is 1. The summed E-state index contributed by atoms with van der Waals surface area (Å²) >= 11 is 0. The molecule has 0 aromatic heterocycles. The summed E-state index contributed by atoms with van der Waals surface area (Å²) in [6.45, 7) is 1.89. The van der Waals surface area contributed by atoms with Crippen LogP contribution < -0.4 is 0 Å². The fourth-order valence-electron chi connectivity index (χ4n) is 3.08. The lowest BCUT2D eigenvalue weighted by atomic mass is 9.84. The van der Waals surface area contributed by atoms with Gasteiger partial charge in [0, 0.05) is 14.2 Å². The van der Waals surface area contributed by atoms with Crippen LogP contribution in [0.4, 0.5) is 4.79 Å². The van der Waals surface area contributed by atoms with Crippen LogP contribution in [0.25, 0.3) is 0 Å². The van der Waals surface area contributed by atoms with Crippen LogP contribution in [0.15, 0.2) is 42.0 Å². The predicted molar refractivity (Wildman–Crippen MR) is 82.6 cm³/mol. The Hall–Kier alpha value is -2.22. The Bertz CT molecular complexity index is 667. The number of carbonyl (C=O) groups excluding carboxylic acids is 2. The highest BCUT2D eigenvalue weighted by Crippen LogP contribution is 2.40. The Kier molecular flexibility index (Phi) is 4.40. The van der Waals surface area contributed by atoms with Gasteiger partial charge in [0.25, 0.3) is 5.79 Å². The van der Waals surface area contributed by atoms with Crippen molar-refractivity contribution in [3.8, 4) is 0 Å². The largest absolute Gasteiger partial charge is 0.443 e. The van der Waals surface area contributed by atoms with E-state index in [9.17, 15) is 9.59 Å². The molecule has 24 heavy (non-hydrogen) atoms. The van der Waals surface area contributed by atoms with E-state index >= 15 is 0 Å². The summed E-state index contributed by atoms with van der Waals surface area (Å²) in [5.41, 5.74) is 1.59. The lowest BCUT2D eigenvalue weighted by Crippen LogP contribution is -2.71. The van der Waals surface area contributed by atoms with Crippen molar-refractivity contribution in [2.24, 2.45) is 0 Å². The van der Waals surface area contributed by atoms with Gasteiger partial charge in [0.05, 0.1) is 0 Å². The SMILES string of the molecule is COC1(OC)C(=O)[C@@H]2C=C(C)[C@H]1N(C(=O)OCc1ccccc1)O2. The Morgan fingerprint density at radius 1 is 1.25 bits per heavy atom. The molecule has 3 aliphatic rings. The molecule has 2 atom stereocenters.